The third-order valence-corrected chi connectivity index (χ3v) is 4.54. The van der Waals surface area contributed by atoms with Crippen LogP contribution in [0, 0.1) is 0 Å². The summed E-state index contributed by atoms with van der Waals surface area (Å²) in [5.74, 6) is -0.723. The van der Waals surface area contributed by atoms with Crippen LogP contribution in [0.1, 0.15) is 5.56 Å². The Morgan fingerprint density at radius 3 is 2.50 bits per heavy atom. The number of ether oxygens (including phenoxy) is 1. The molecule has 1 heterocycles. The number of carbonyl (C=O) groups excluding carboxylic acids is 1. The standard InChI is InChI=1S/C19H15Cl2NO4/c20-13-7-5-12(6-8-13)9-16(19(24)25)22-11-14(10-18(22)23)26-17-4-2-1-3-15(17)21/h1-8,10,16H,9,11H2,(H,24,25). The molecule has 3 rings (SSSR count). The molecule has 7 heteroatoms. The van der Waals surface area contributed by atoms with E-state index in [1.807, 2.05) is 0 Å². The molecule has 2 aromatic carbocycles. The number of carboxylic acids is 1. The van der Waals surface area contributed by atoms with Gasteiger partial charge in [0.05, 0.1) is 11.6 Å². The summed E-state index contributed by atoms with van der Waals surface area (Å²) in [6.45, 7) is 0.0641. The number of carbonyl (C=O) groups is 2. The van der Waals surface area contributed by atoms with E-state index >= 15 is 0 Å². The van der Waals surface area contributed by atoms with Crippen LogP contribution < -0.4 is 4.74 Å². The van der Waals surface area contributed by atoms with Gasteiger partial charge in [-0.2, -0.15) is 0 Å². The Hall–Kier alpha value is -2.50. The second-order valence-corrected chi connectivity index (χ2v) is 6.64. The van der Waals surface area contributed by atoms with Gasteiger partial charge in [0.25, 0.3) is 5.91 Å². The molecule has 1 N–H and O–H groups in total. The van der Waals surface area contributed by atoms with Crippen molar-refractivity contribution in [3.05, 3.63) is 76.0 Å². The zero-order valence-corrected chi connectivity index (χ0v) is 15.1. The fourth-order valence-corrected chi connectivity index (χ4v) is 2.98. The Bertz CT molecular complexity index is 864. The zero-order valence-electron chi connectivity index (χ0n) is 13.6. The van der Waals surface area contributed by atoms with Gasteiger partial charge in [0, 0.05) is 17.5 Å². The van der Waals surface area contributed by atoms with Crippen LogP contribution in [0.4, 0.5) is 0 Å². The molecule has 1 aliphatic heterocycles. The van der Waals surface area contributed by atoms with E-state index in [9.17, 15) is 14.7 Å². The van der Waals surface area contributed by atoms with Crippen molar-refractivity contribution in [1.82, 2.24) is 4.90 Å². The highest BCUT2D eigenvalue weighted by molar-refractivity contribution is 6.32. The smallest absolute Gasteiger partial charge is 0.326 e. The molecular formula is C19H15Cl2NO4. The van der Waals surface area contributed by atoms with Crippen molar-refractivity contribution in [3.63, 3.8) is 0 Å². The van der Waals surface area contributed by atoms with Gasteiger partial charge in [-0.05, 0) is 29.8 Å². The molecule has 134 valence electrons. The molecule has 0 fully saturated rings. The maximum absolute atomic E-state index is 12.3. The van der Waals surface area contributed by atoms with Gasteiger partial charge in [-0.25, -0.2) is 4.79 Å². The van der Waals surface area contributed by atoms with Crippen LogP contribution in [0.25, 0.3) is 0 Å². The van der Waals surface area contributed by atoms with Crippen molar-refractivity contribution in [3.8, 4) is 5.75 Å². The summed E-state index contributed by atoms with van der Waals surface area (Å²) in [5.41, 5.74) is 0.773. The van der Waals surface area contributed by atoms with Gasteiger partial charge in [0.2, 0.25) is 0 Å². The number of halogens is 2. The Labute approximate surface area is 160 Å². The summed E-state index contributed by atoms with van der Waals surface area (Å²) in [5, 5.41) is 10.6. The molecule has 1 amide bonds. The van der Waals surface area contributed by atoms with E-state index in [0.29, 0.717) is 21.6 Å². The minimum Gasteiger partial charge on any atom is -0.480 e. The average molecular weight is 392 g/mol. The van der Waals surface area contributed by atoms with E-state index in [-0.39, 0.29) is 13.0 Å². The minimum atomic E-state index is -1.08. The van der Waals surface area contributed by atoms with Gasteiger partial charge in [-0.1, -0.05) is 47.5 Å². The minimum absolute atomic E-state index is 0.0641. The second-order valence-electron chi connectivity index (χ2n) is 5.79. The first-order valence-corrected chi connectivity index (χ1v) is 8.60. The number of aliphatic carboxylic acids is 1. The van der Waals surface area contributed by atoms with Crippen molar-refractivity contribution in [2.75, 3.05) is 6.54 Å². The molecule has 0 aliphatic carbocycles. The highest BCUT2D eigenvalue weighted by Gasteiger charge is 2.34. The van der Waals surface area contributed by atoms with E-state index in [1.165, 1.54) is 11.0 Å². The summed E-state index contributed by atoms with van der Waals surface area (Å²) >= 11 is 11.9. The van der Waals surface area contributed by atoms with Crippen molar-refractivity contribution in [1.29, 1.82) is 0 Å². The van der Waals surface area contributed by atoms with Crippen LogP contribution >= 0.6 is 23.2 Å². The fraction of sp³-hybridized carbons (Fsp3) is 0.158. The molecule has 0 saturated carbocycles. The van der Waals surface area contributed by atoms with E-state index in [0.717, 1.165) is 5.56 Å². The number of para-hydroxylation sites is 1. The lowest BCUT2D eigenvalue weighted by Gasteiger charge is -2.24. The molecule has 5 nitrogen and oxygen atoms in total. The van der Waals surface area contributed by atoms with Gasteiger partial charge < -0.3 is 14.7 Å². The zero-order chi connectivity index (χ0) is 18.7. The van der Waals surface area contributed by atoms with Crippen molar-refractivity contribution >= 4 is 35.1 Å². The SMILES string of the molecule is O=C(O)C(Cc1ccc(Cl)cc1)N1CC(Oc2ccccc2Cl)=CC1=O. The molecule has 0 spiro atoms. The van der Waals surface area contributed by atoms with Crippen molar-refractivity contribution in [2.24, 2.45) is 0 Å². The summed E-state index contributed by atoms with van der Waals surface area (Å²) in [4.78, 5) is 25.3. The van der Waals surface area contributed by atoms with Gasteiger partial charge in [0.1, 0.15) is 17.6 Å². The lowest BCUT2D eigenvalue weighted by Crippen LogP contribution is -2.44. The molecule has 1 atom stereocenters. The average Bonchev–Trinajstić information content (AvgIpc) is 2.96. The van der Waals surface area contributed by atoms with Crippen molar-refractivity contribution < 1.29 is 19.4 Å². The van der Waals surface area contributed by atoms with E-state index in [2.05, 4.69) is 0 Å². The Morgan fingerprint density at radius 2 is 1.85 bits per heavy atom. The lowest BCUT2D eigenvalue weighted by atomic mass is 10.0. The third kappa shape index (κ3) is 4.18. The summed E-state index contributed by atoms with van der Waals surface area (Å²) in [6, 6.07) is 12.7. The molecule has 26 heavy (non-hydrogen) atoms. The number of nitrogens with zero attached hydrogens (tertiary/aromatic N) is 1. The maximum Gasteiger partial charge on any atom is 0.326 e. The molecule has 0 radical (unpaired) electrons. The van der Waals surface area contributed by atoms with E-state index in [1.54, 1.807) is 48.5 Å². The molecule has 1 aliphatic rings. The third-order valence-electron chi connectivity index (χ3n) is 3.98. The first kappa shape index (κ1) is 18.3. The van der Waals surface area contributed by atoms with E-state index in [4.69, 9.17) is 27.9 Å². The predicted octanol–water partition coefficient (Wildman–Crippen LogP) is 3.79. The topological polar surface area (TPSA) is 66.8 Å². The van der Waals surface area contributed by atoms with Crippen LogP contribution in [-0.2, 0) is 16.0 Å². The quantitative estimate of drug-likeness (QED) is 0.812. The van der Waals surface area contributed by atoms with Gasteiger partial charge in [-0.3, -0.25) is 4.79 Å². The number of hydrogen-bond acceptors (Lipinski definition) is 3. The number of carboxylic acid groups (broad SMARTS) is 1. The number of benzene rings is 2. The maximum atomic E-state index is 12.3. The van der Waals surface area contributed by atoms with Gasteiger partial charge >= 0.3 is 5.97 Å². The van der Waals surface area contributed by atoms with Crippen LogP contribution in [0.5, 0.6) is 5.75 Å². The number of hydrogen-bond donors (Lipinski definition) is 1. The molecule has 0 aromatic heterocycles. The van der Waals surface area contributed by atoms with E-state index < -0.39 is 17.9 Å². The highest BCUT2D eigenvalue weighted by atomic mass is 35.5. The second kappa shape index (κ2) is 7.81. The Kier molecular flexibility index (Phi) is 5.49. The molecule has 2 aromatic rings. The van der Waals surface area contributed by atoms with Gasteiger partial charge in [0.15, 0.2) is 0 Å². The number of amides is 1. The summed E-state index contributed by atoms with van der Waals surface area (Å²) < 4.78 is 5.66. The van der Waals surface area contributed by atoms with Crippen LogP contribution in [0.15, 0.2) is 60.4 Å². The Balaban J connectivity index is 1.73. The monoisotopic (exact) mass is 391 g/mol. The first-order valence-electron chi connectivity index (χ1n) is 7.85. The molecular weight excluding hydrogens is 377 g/mol. The molecule has 0 saturated heterocycles. The van der Waals surface area contributed by atoms with Crippen molar-refractivity contribution in [2.45, 2.75) is 12.5 Å². The normalized spacial score (nSPS) is 14.9. The summed E-state index contributed by atoms with van der Waals surface area (Å²) in [6.07, 6.45) is 1.46. The van der Waals surface area contributed by atoms with Crippen LogP contribution in [0.2, 0.25) is 10.0 Å². The lowest BCUT2D eigenvalue weighted by molar-refractivity contribution is -0.147. The fourth-order valence-electron chi connectivity index (χ4n) is 2.68. The molecule has 1 unspecified atom stereocenters. The van der Waals surface area contributed by atoms with Gasteiger partial charge in [-0.15, -0.1) is 0 Å². The molecule has 0 bridgehead atoms. The summed E-state index contributed by atoms with van der Waals surface area (Å²) in [7, 11) is 0. The first-order chi connectivity index (χ1) is 12.4. The van der Waals surface area contributed by atoms with Crippen LogP contribution in [0.3, 0.4) is 0 Å². The van der Waals surface area contributed by atoms with Crippen LogP contribution in [-0.4, -0.2) is 34.5 Å². The number of rotatable bonds is 6. The predicted molar refractivity (Wildman–Crippen MR) is 98.5 cm³/mol. The Morgan fingerprint density at radius 1 is 1.15 bits per heavy atom. The largest absolute Gasteiger partial charge is 0.480 e. The highest BCUT2D eigenvalue weighted by Crippen LogP contribution is 2.27.